The third kappa shape index (κ3) is 3.98. The van der Waals surface area contributed by atoms with E-state index in [1.54, 1.807) is 0 Å². The minimum absolute atomic E-state index is 0.192. The van der Waals surface area contributed by atoms with Crippen molar-refractivity contribution in [1.29, 1.82) is 0 Å². The van der Waals surface area contributed by atoms with Crippen molar-refractivity contribution in [3.8, 4) is 5.75 Å². The standard InChI is InChI=1S/C17H15F3N2O2/c18-17(19,20)24-14-7-5-13(6-8-14)21-16(23)11-22-10-9-12-3-1-2-4-15(12)22/h1-8H,9-11H2,(H,21,23). The largest absolute Gasteiger partial charge is 0.573 e. The second kappa shape index (κ2) is 6.43. The maximum Gasteiger partial charge on any atom is 0.573 e. The molecule has 0 bridgehead atoms. The number of halogens is 3. The second-order valence-electron chi connectivity index (χ2n) is 5.42. The zero-order chi connectivity index (χ0) is 17.2. The number of nitrogens with one attached hydrogen (secondary N) is 1. The van der Waals surface area contributed by atoms with E-state index in [0.29, 0.717) is 5.69 Å². The number of carbonyl (C=O) groups is 1. The summed E-state index contributed by atoms with van der Waals surface area (Å²) >= 11 is 0. The molecule has 1 amide bonds. The van der Waals surface area contributed by atoms with Crippen LogP contribution in [0.15, 0.2) is 48.5 Å². The molecule has 0 atom stereocenters. The first-order valence-corrected chi connectivity index (χ1v) is 7.39. The van der Waals surface area contributed by atoms with Gasteiger partial charge in [-0.2, -0.15) is 0 Å². The number of benzene rings is 2. The highest BCUT2D eigenvalue weighted by molar-refractivity contribution is 5.94. The molecule has 2 aromatic rings. The Labute approximate surface area is 136 Å². The molecule has 0 fully saturated rings. The highest BCUT2D eigenvalue weighted by Gasteiger charge is 2.31. The summed E-state index contributed by atoms with van der Waals surface area (Å²) in [5.74, 6) is -0.551. The van der Waals surface area contributed by atoms with Gasteiger partial charge in [0.05, 0.1) is 6.54 Å². The summed E-state index contributed by atoms with van der Waals surface area (Å²) < 4.78 is 40.1. The number of anilines is 2. The fourth-order valence-corrected chi connectivity index (χ4v) is 2.68. The molecule has 0 saturated heterocycles. The minimum atomic E-state index is -4.73. The van der Waals surface area contributed by atoms with Gasteiger partial charge >= 0.3 is 6.36 Å². The van der Waals surface area contributed by atoms with Gasteiger partial charge < -0.3 is 15.0 Å². The Morgan fingerprint density at radius 1 is 1.12 bits per heavy atom. The Morgan fingerprint density at radius 3 is 2.54 bits per heavy atom. The van der Waals surface area contributed by atoms with Crippen molar-refractivity contribution in [2.24, 2.45) is 0 Å². The maximum absolute atomic E-state index is 12.1. The summed E-state index contributed by atoms with van der Waals surface area (Å²) in [6.07, 6.45) is -3.83. The summed E-state index contributed by atoms with van der Waals surface area (Å²) in [7, 11) is 0. The molecule has 1 heterocycles. The van der Waals surface area contributed by atoms with Gasteiger partial charge in [0.15, 0.2) is 0 Å². The van der Waals surface area contributed by atoms with Crippen LogP contribution in [0.3, 0.4) is 0 Å². The van der Waals surface area contributed by atoms with Crippen LogP contribution >= 0.6 is 0 Å². The zero-order valence-electron chi connectivity index (χ0n) is 12.6. The summed E-state index contributed by atoms with van der Waals surface area (Å²) in [6.45, 7) is 0.961. The van der Waals surface area contributed by atoms with Crippen LogP contribution in [0, 0.1) is 0 Å². The first-order valence-electron chi connectivity index (χ1n) is 7.39. The van der Waals surface area contributed by atoms with Crippen molar-refractivity contribution in [3.05, 3.63) is 54.1 Å². The van der Waals surface area contributed by atoms with E-state index in [9.17, 15) is 18.0 Å². The molecule has 0 saturated carbocycles. The quantitative estimate of drug-likeness (QED) is 0.928. The van der Waals surface area contributed by atoms with Crippen molar-refractivity contribution >= 4 is 17.3 Å². The van der Waals surface area contributed by atoms with Crippen LogP contribution in [0.25, 0.3) is 0 Å². The highest BCUT2D eigenvalue weighted by Crippen LogP contribution is 2.27. The Balaban J connectivity index is 1.58. The first kappa shape index (κ1) is 16.2. The number of amides is 1. The second-order valence-corrected chi connectivity index (χ2v) is 5.42. The third-order valence-electron chi connectivity index (χ3n) is 3.69. The van der Waals surface area contributed by atoms with E-state index in [2.05, 4.69) is 10.1 Å². The molecule has 3 rings (SSSR count). The number of carbonyl (C=O) groups excluding carboxylic acids is 1. The number of hydrogen-bond acceptors (Lipinski definition) is 3. The van der Waals surface area contributed by atoms with Crippen molar-refractivity contribution in [2.45, 2.75) is 12.8 Å². The SMILES string of the molecule is O=C(CN1CCc2ccccc21)Nc1ccc(OC(F)(F)F)cc1. The molecule has 2 aromatic carbocycles. The number of rotatable bonds is 4. The maximum atomic E-state index is 12.1. The minimum Gasteiger partial charge on any atom is -0.406 e. The van der Waals surface area contributed by atoms with Gasteiger partial charge in [-0.05, 0) is 42.3 Å². The number of hydrogen-bond donors (Lipinski definition) is 1. The van der Waals surface area contributed by atoms with E-state index >= 15 is 0 Å². The lowest BCUT2D eigenvalue weighted by atomic mass is 10.2. The van der Waals surface area contributed by atoms with Crippen LogP contribution in [-0.4, -0.2) is 25.4 Å². The fourth-order valence-electron chi connectivity index (χ4n) is 2.68. The smallest absolute Gasteiger partial charge is 0.406 e. The molecule has 1 N–H and O–H groups in total. The van der Waals surface area contributed by atoms with Crippen molar-refractivity contribution in [3.63, 3.8) is 0 Å². The average Bonchev–Trinajstić information content (AvgIpc) is 2.91. The van der Waals surface area contributed by atoms with Crippen LogP contribution < -0.4 is 15.0 Å². The number of alkyl halides is 3. The Morgan fingerprint density at radius 2 is 1.83 bits per heavy atom. The van der Waals surface area contributed by atoms with Crippen molar-refractivity contribution in [2.75, 3.05) is 23.3 Å². The number of ether oxygens (including phenoxy) is 1. The van der Waals surface area contributed by atoms with Gasteiger partial charge in [0.25, 0.3) is 0 Å². The summed E-state index contributed by atoms with van der Waals surface area (Å²) in [6, 6.07) is 13.0. The Hall–Kier alpha value is -2.70. The summed E-state index contributed by atoms with van der Waals surface area (Å²) in [5.41, 5.74) is 2.67. The Kier molecular flexibility index (Phi) is 4.33. The van der Waals surface area contributed by atoms with Crippen LogP contribution in [0.4, 0.5) is 24.5 Å². The zero-order valence-corrected chi connectivity index (χ0v) is 12.6. The molecular formula is C17H15F3N2O2. The van der Waals surface area contributed by atoms with E-state index in [1.807, 2.05) is 29.2 Å². The van der Waals surface area contributed by atoms with E-state index in [0.717, 1.165) is 30.8 Å². The molecular weight excluding hydrogens is 321 g/mol. The summed E-state index contributed by atoms with van der Waals surface area (Å²) in [4.78, 5) is 14.1. The van der Waals surface area contributed by atoms with E-state index < -0.39 is 6.36 Å². The van der Waals surface area contributed by atoms with Crippen LogP contribution in [0.5, 0.6) is 5.75 Å². The predicted molar refractivity (Wildman–Crippen MR) is 84.1 cm³/mol. The molecule has 7 heteroatoms. The molecule has 0 unspecified atom stereocenters. The topological polar surface area (TPSA) is 41.6 Å². The van der Waals surface area contributed by atoms with Gasteiger partial charge in [0, 0.05) is 17.9 Å². The van der Waals surface area contributed by atoms with Gasteiger partial charge in [-0.3, -0.25) is 4.79 Å². The van der Waals surface area contributed by atoms with Crippen LogP contribution in [0.2, 0.25) is 0 Å². The lowest BCUT2D eigenvalue weighted by molar-refractivity contribution is -0.274. The third-order valence-corrected chi connectivity index (χ3v) is 3.69. The predicted octanol–water partition coefficient (Wildman–Crippen LogP) is 3.59. The van der Waals surface area contributed by atoms with Gasteiger partial charge in [-0.15, -0.1) is 13.2 Å². The molecule has 126 valence electrons. The van der Waals surface area contributed by atoms with Gasteiger partial charge in [0.1, 0.15) is 5.75 Å². The van der Waals surface area contributed by atoms with Crippen LogP contribution in [0.1, 0.15) is 5.56 Å². The highest BCUT2D eigenvalue weighted by atomic mass is 19.4. The van der Waals surface area contributed by atoms with Gasteiger partial charge in [-0.1, -0.05) is 18.2 Å². The number of nitrogens with zero attached hydrogens (tertiary/aromatic N) is 1. The molecule has 1 aliphatic heterocycles. The molecule has 0 aliphatic carbocycles. The molecule has 0 aromatic heterocycles. The lowest BCUT2D eigenvalue weighted by Gasteiger charge is -2.18. The van der Waals surface area contributed by atoms with Gasteiger partial charge in [-0.25, -0.2) is 0 Å². The van der Waals surface area contributed by atoms with Crippen molar-refractivity contribution in [1.82, 2.24) is 0 Å². The molecule has 0 spiro atoms. The van der Waals surface area contributed by atoms with Crippen LogP contribution in [-0.2, 0) is 11.2 Å². The first-order chi connectivity index (χ1) is 11.4. The Bertz CT molecular complexity index is 729. The average molecular weight is 336 g/mol. The van der Waals surface area contributed by atoms with E-state index in [1.165, 1.54) is 17.7 Å². The van der Waals surface area contributed by atoms with E-state index in [4.69, 9.17) is 0 Å². The van der Waals surface area contributed by atoms with Gasteiger partial charge in [0.2, 0.25) is 5.91 Å². The lowest BCUT2D eigenvalue weighted by Crippen LogP contribution is -2.31. The normalized spacial score (nSPS) is 13.5. The van der Waals surface area contributed by atoms with Crippen molar-refractivity contribution < 1.29 is 22.7 Å². The molecule has 24 heavy (non-hydrogen) atoms. The molecule has 1 aliphatic rings. The number of fused-ring (bicyclic) bond motifs is 1. The molecule has 0 radical (unpaired) electrons. The van der Waals surface area contributed by atoms with E-state index in [-0.39, 0.29) is 18.2 Å². The monoisotopic (exact) mass is 336 g/mol. The summed E-state index contributed by atoms with van der Waals surface area (Å²) in [5, 5.41) is 2.67. The fraction of sp³-hybridized carbons (Fsp3) is 0.235. The number of para-hydroxylation sites is 1. The molecule has 4 nitrogen and oxygen atoms in total.